The Morgan fingerprint density at radius 3 is 2.62 bits per heavy atom. The van der Waals surface area contributed by atoms with E-state index in [1.54, 1.807) is 19.1 Å². The van der Waals surface area contributed by atoms with E-state index < -0.39 is 15.8 Å². The first kappa shape index (κ1) is 15.8. The van der Waals surface area contributed by atoms with Gasteiger partial charge in [0.05, 0.1) is 10.6 Å². The molecule has 0 saturated heterocycles. The zero-order valence-corrected chi connectivity index (χ0v) is 12.8. The average molecular weight is 329 g/mol. The molecule has 0 atom stereocenters. The summed E-state index contributed by atoms with van der Waals surface area (Å²) in [4.78, 5) is 0.0600. The molecule has 0 unspecified atom stereocenters. The van der Waals surface area contributed by atoms with Crippen LogP contribution in [0.25, 0.3) is 0 Å². The zero-order chi connectivity index (χ0) is 15.6. The lowest BCUT2D eigenvalue weighted by molar-refractivity contribution is 0.598. The van der Waals surface area contributed by atoms with Gasteiger partial charge in [-0.05, 0) is 42.3 Å². The Balaban J connectivity index is 2.45. The lowest BCUT2D eigenvalue weighted by atomic mass is 10.1. The molecule has 0 fully saturated rings. The minimum Gasteiger partial charge on any atom is -0.326 e. The summed E-state index contributed by atoms with van der Waals surface area (Å²) in [6.45, 7) is 1.87. The first-order valence-corrected chi connectivity index (χ1v) is 7.97. The van der Waals surface area contributed by atoms with E-state index in [-0.39, 0.29) is 22.2 Å². The zero-order valence-electron chi connectivity index (χ0n) is 11.2. The van der Waals surface area contributed by atoms with Gasteiger partial charge in [0.15, 0.2) is 0 Å². The molecule has 2 rings (SSSR count). The Kier molecular flexibility index (Phi) is 4.51. The molecule has 0 aliphatic heterocycles. The normalized spacial score (nSPS) is 11.4. The summed E-state index contributed by atoms with van der Waals surface area (Å²) in [5, 5.41) is 0.238. The molecular weight excluding hydrogens is 315 g/mol. The molecule has 2 aromatic rings. The highest BCUT2D eigenvalue weighted by Crippen LogP contribution is 2.24. The van der Waals surface area contributed by atoms with Crippen LogP contribution < -0.4 is 10.5 Å². The van der Waals surface area contributed by atoms with Crippen molar-refractivity contribution in [3.05, 3.63) is 58.4 Å². The molecule has 0 saturated carbocycles. The maximum atomic E-state index is 13.7. The number of hydrogen-bond donors (Lipinski definition) is 2. The fraction of sp³-hybridized carbons (Fsp3) is 0.143. The van der Waals surface area contributed by atoms with Crippen LogP contribution in [0.1, 0.15) is 11.1 Å². The number of hydrogen-bond acceptors (Lipinski definition) is 3. The number of nitrogens with two attached hydrogens (primary N) is 1. The second-order valence-corrected chi connectivity index (χ2v) is 6.62. The Morgan fingerprint density at radius 1 is 1.24 bits per heavy atom. The summed E-state index contributed by atoms with van der Waals surface area (Å²) in [6.07, 6.45) is 0. The third-order valence-electron chi connectivity index (χ3n) is 2.95. The summed E-state index contributed by atoms with van der Waals surface area (Å²) in [5.74, 6) is -0.699. The number of aryl methyl sites for hydroxylation is 1. The van der Waals surface area contributed by atoms with E-state index >= 15 is 0 Å². The quantitative estimate of drug-likeness (QED) is 0.906. The standard InChI is InChI=1S/C14H14ClFN2O2S/c1-9-2-3-10(8-17)6-14(9)21(19,20)18-13-7-11(15)4-5-12(13)16/h2-7,18H,8,17H2,1H3. The van der Waals surface area contributed by atoms with Crippen LogP contribution in [0.3, 0.4) is 0 Å². The summed E-state index contributed by atoms with van der Waals surface area (Å²) in [7, 11) is -3.92. The van der Waals surface area contributed by atoms with E-state index in [9.17, 15) is 12.8 Å². The van der Waals surface area contributed by atoms with Crippen molar-refractivity contribution in [1.29, 1.82) is 0 Å². The van der Waals surface area contributed by atoms with Crippen molar-refractivity contribution in [3.8, 4) is 0 Å². The van der Waals surface area contributed by atoms with Crippen molar-refractivity contribution < 1.29 is 12.8 Å². The van der Waals surface area contributed by atoms with E-state index in [0.717, 1.165) is 6.07 Å². The van der Waals surface area contributed by atoms with Crippen LogP contribution in [-0.2, 0) is 16.6 Å². The number of halogens is 2. The highest BCUT2D eigenvalue weighted by molar-refractivity contribution is 7.92. The second-order valence-electron chi connectivity index (χ2n) is 4.53. The van der Waals surface area contributed by atoms with Crippen LogP contribution in [-0.4, -0.2) is 8.42 Å². The van der Waals surface area contributed by atoms with Crippen LogP contribution in [0.5, 0.6) is 0 Å². The monoisotopic (exact) mass is 328 g/mol. The molecular formula is C14H14ClFN2O2S. The van der Waals surface area contributed by atoms with E-state index in [4.69, 9.17) is 17.3 Å². The summed E-state index contributed by atoms with van der Waals surface area (Å²) >= 11 is 5.75. The third kappa shape index (κ3) is 3.53. The summed E-state index contributed by atoms with van der Waals surface area (Å²) < 4.78 is 40.6. The highest BCUT2D eigenvalue weighted by Gasteiger charge is 2.19. The Morgan fingerprint density at radius 2 is 1.95 bits per heavy atom. The predicted octanol–water partition coefficient (Wildman–Crippen LogP) is 3.05. The molecule has 0 radical (unpaired) electrons. The van der Waals surface area contributed by atoms with Crippen molar-refractivity contribution in [2.75, 3.05) is 4.72 Å². The van der Waals surface area contributed by atoms with Gasteiger partial charge in [-0.2, -0.15) is 0 Å². The number of benzene rings is 2. The van der Waals surface area contributed by atoms with Crippen LogP contribution in [0.4, 0.5) is 10.1 Å². The van der Waals surface area contributed by atoms with Crippen molar-refractivity contribution in [1.82, 2.24) is 0 Å². The van der Waals surface area contributed by atoms with Gasteiger partial charge < -0.3 is 5.73 Å². The van der Waals surface area contributed by atoms with E-state index in [2.05, 4.69) is 4.72 Å². The van der Waals surface area contributed by atoms with Gasteiger partial charge in [0.1, 0.15) is 5.82 Å². The molecule has 0 aliphatic carbocycles. The molecule has 4 nitrogen and oxygen atoms in total. The van der Waals surface area contributed by atoms with Gasteiger partial charge in [0.25, 0.3) is 10.0 Å². The lowest BCUT2D eigenvalue weighted by Gasteiger charge is -2.12. The van der Waals surface area contributed by atoms with Gasteiger partial charge in [0.2, 0.25) is 0 Å². The fourth-order valence-corrected chi connectivity index (χ4v) is 3.36. The van der Waals surface area contributed by atoms with Gasteiger partial charge in [-0.3, -0.25) is 4.72 Å². The second kappa shape index (κ2) is 6.01. The lowest BCUT2D eigenvalue weighted by Crippen LogP contribution is -2.16. The average Bonchev–Trinajstić information content (AvgIpc) is 2.43. The number of nitrogens with one attached hydrogen (secondary N) is 1. The Labute approximate surface area is 127 Å². The molecule has 0 aromatic heterocycles. The molecule has 0 amide bonds. The number of rotatable bonds is 4. The maximum absolute atomic E-state index is 13.7. The van der Waals surface area contributed by atoms with E-state index in [1.807, 2.05) is 0 Å². The van der Waals surface area contributed by atoms with Crippen molar-refractivity contribution >= 4 is 27.3 Å². The summed E-state index contributed by atoms with van der Waals surface area (Å²) in [6, 6.07) is 8.54. The Hall–Kier alpha value is -1.63. The molecule has 3 N–H and O–H groups in total. The highest BCUT2D eigenvalue weighted by atomic mass is 35.5. The fourth-order valence-electron chi connectivity index (χ4n) is 1.84. The van der Waals surface area contributed by atoms with Crippen LogP contribution in [0, 0.1) is 12.7 Å². The van der Waals surface area contributed by atoms with Gasteiger partial charge in [-0.1, -0.05) is 23.7 Å². The van der Waals surface area contributed by atoms with Crippen LogP contribution >= 0.6 is 11.6 Å². The minimum atomic E-state index is -3.92. The van der Waals surface area contributed by atoms with E-state index in [1.165, 1.54) is 18.2 Å². The van der Waals surface area contributed by atoms with Crippen molar-refractivity contribution in [3.63, 3.8) is 0 Å². The van der Waals surface area contributed by atoms with E-state index in [0.29, 0.717) is 11.1 Å². The molecule has 2 aromatic carbocycles. The maximum Gasteiger partial charge on any atom is 0.262 e. The minimum absolute atomic E-state index is 0.0600. The smallest absolute Gasteiger partial charge is 0.262 e. The topological polar surface area (TPSA) is 72.2 Å². The number of anilines is 1. The third-order valence-corrected chi connectivity index (χ3v) is 4.69. The first-order chi connectivity index (χ1) is 9.83. The van der Waals surface area contributed by atoms with Gasteiger partial charge >= 0.3 is 0 Å². The summed E-state index contributed by atoms with van der Waals surface area (Å²) in [5.41, 5.74) is 6.54. The van der Waals surface area contributed by atoms with Gasteiger partial charge in [-0.25, -0.2) is 12.8 Å². The van der Waals surface area contributed by atoms with Gasteiger partial charge in [-0.15, -0.1) is 0 Å². The van der Waals surface area contributed by atoms with Crippen LogP contribution in [0.15, 0.2) is 41.3 Å². The van der Waals surface area contributed by atoms with Crippen LogP contribution in [0.2, 0.25) is 5.02 Å². The first-order valence-electron chi connectivity index (χ1n) is 6.11. The predicted molar refractivity (Wildman–Crippen MR) is 81.3 cm³/mol. The van der Waals surface area contributed by atoms with Crippen molar-refractivity contribution in [2.45, 2.75) is 18.4 Å². The Bertz CT molecular complexity index is 779. The largest absolute Gasteiger partial charge is 0.326 e. The van der Waals surface area contributed by atoms with Crippen molar-refractivity contribution in [2.24, 2.45) is 5.73 Å². The number of sulfonamides is 1. The molecule has 0 aliphatic rings. The van der Waals surface area contributed by atoms with Gasteiger partial charge in [0, 0.05) is 11.6 Å². The molecule has 7 heteroatoms. The molecule has 0 heterocycles. The molecule has 0 bridgehead atoms. The SMILES string of the molecule is Cc1ccc(CN)cc1S(=O)(=O)Nc1cc(Cl)ccc1F. The molecule has 21 heavy (non-hydrogen) atoms. The molecule has 112 valence electrons. The molecule has 0 spiro atoms.